The van der Waals surface area contributed by atoms with Gasteiger partial charge >= 0.3 is 6.09 Å². The van der Waals surface area contributed by atoms with E-state index in [2.05, 4.69) is 10.2 Å². The van der Waals surface area contributed by atoms with E-state index in [1.54, 1.807) is 6.92 Å². The average molecular weight is 366 g/mol. The Morgan fingerprint density at radius 2 is 2.15 bits per heavy atom. The lowest BCUT2D eigenvalue weighted by Gasteiger charge is -2.17. The van der Waals surface area contributed by atoms with Gasteiger partial charge in [0.25, 0.3) is 0 Å². The molecule has 8 nitrogen and oxygen atoms in total. The smallest absolute Gasteiger partial charge is 0.405 e. The number of primary amides is 1. The summed E-state index contributed by atoms with van der Waals surface area (Å²) in [5.41, 5.74) is 5.25. The molecular formula is C17H23FN4O4. The van der Waals surface area contributed by atoms with Crippen LogP contribution >= 0.6 is 0 Å². The maximum Gasteiger partial charge on any atom is 0.405 e. The maximum atomic E-state index is 14.3. The number of aryl methyl sites for hydroxylation is 1. The number of carbonyl (C=O) groups is 1. The summed E-state index contributed by atoms with van der Waals surface area (Å²) in [4.78, 5) is 13.3. The molecule has 0 saturated carbocycles. The molecule has 2 aromatic rings. The molecule has 2 rings (SSSR count). The molecule has 1 aromatic heterocycles. The van der Waals surface area contributed by atoms with Gasteiger partial charge in [-0.1, -0.05) is 0 Å². The molecule has 1 aromatic carbocycles. The first-order valence-corrected chi connectivity index (χ1v) is 8.17. The molecule has 1 heterocycles. The quantitative estimate of drug-likeness (QED) is 0.679. The third kappa shape index (κ3) is 5.99. The van der Waals surface area contributed by atoms with E-state index in [1.807, 2.05) is 19.0 Å². The van der Waals surface area contributed by atoms with E-state index >= 15 is 0 Å². The standard InChI is InChI=1S/C17H23FN4O4/c1-11-20-21-16(25-11)10-15(26-17(19)23)13-9-12(5-6-14(13)18)24-8-4-7-22(2)3/h5-6,9,15H,4,7-8,10H2,1-3H3,(H2,19,23). The molecule has 0 fully saturated rings. The Labute approximate surface area is 151 Å². The predicted octanol–water partition coefficient (Wildman–Crippen LogP) is 2.23. The normalized spacial score (nSPS) is 12.2. The lowest BCUT2D eigenvalue weighted by molar-refractivity contribution is 0.0999. The van der Waals surface area contributed by atoms with E-state index in [1.165, 1.54) is 18.2 Å². The number of amides is 1. The Kier molecular flexibility index (Phi) is 6.90. The fourth-order valence-electron chi connectivity index (χ4n) is 2.36. The van der Waals surface area contributed by atoms with Gasteiger partial charge in [0, 0.05) is 19.0 Å². The van der Waals surface area contributed by atoms with Crippen molar-refractivity contribution in [2.75, 3.05) is 27.2 Å². The third-order valence-electron chi connectivity index (χ3n) is 3.52. The van der Waals surface area contributed by atoms with Crippen molar-refractivity contribution in [2.45, 2.75) is 25.9 Å². The van der Waals surface area contributed by atoms with Crippen molar-refractivity contribution < 1.29 is 23.1 Å². The number of halogens is 1. The van der Waals surface area contributed by atoms with E-state index < -0.39 is 18.0 Å². The Hall–Kier alpha value is -2.68. The van der Waals surface area contributed by atoms with Gasteiger partial charge in [-0.05, 0) is 38.7 Å². The van der Waals surface area contributed by atoms with Crippen molar-refractivity contribution in [1.82, 2.24) is 15.1 Å². The van der Waals surface area contributed by atoms with E-state index in [4.69, 9.17) is 19.6 Å². The summed E-state index contributed by atoms with van der Waals surface area (Å²) < 4.78 is 30.3. The second-order valence-electron chi connectivity index (χ2n) is 6.03. The fourth-order valence-corrected chi connectivity index (χ4v) is 2.36. The zero-order chi connectivity index (χ0) is 19.1. The van der Waals surface area contributed by atoms with E-state index in [9.17, 15) is 9.18 Å². The SMILES string of the molecule is Cc1nnc(CC(OC(N)=O)c2cc(OCCCN(C)C)ccc2F)o1. The highest BCUT2D eigenvalue weighted by atomic mass is 19.1. The summed E-state index contributed by atoms with van der Waals surface area (Å²) in [6.07, 6.45) is -1.20. The Morgan fingerprint density at radius 3 is 2.77 bits per heavy atom. The number of hydrogen-bond acceptors (Lipinski definition) is 7. The predicted molar refractivity (Wildman–Crippen MR) is 91.2 cm³/mol. The summed E-state index contributed by atoms with van der Waals surface area (Å²) in [5, 5.41) is 7.55. The largest absolute Gasteiger partial charge is 0.494 e. The van der Waals surface area contributed by atoms with E-state index in [-0.39, 0.29) is 17.9 Å². The second kappa shape index (κ2) is 9.14. The van der Waals surface area contributed by atoms with Crippen molar-refractivity contribution in [1.29, 1.82) is 0 Å². The topological polar surface area (TPSA) is 104 Å². The minimum Gasteiger partial charge on any atom is -0.494 e. The van der Waals surface area contributed by atoms with Crippen molar-refractivity contribution >= 4 is 6.09 Å². The summed E-state index contributed by atoms with van der Waals surface area (Å²) in [7, 11) is 3.95. The van der Waals surface area contributed by atoms with Gasteiger partial charge in [-0.15, -0.1) is 10.2 Å². The number of nitrogens with zero attached hydrogens (tertiary/aromatic N) is 3. The highest BCUT2D eigenvalue weighted by Crippen LogP contribution is 2.28. The molecule has 0 spiro atoms. The van der Waals surface area contributed by atoms with Crippen LogP contribution in [0.1, 0.15) is 29.9 Å². The molecule has 1 atom stereocenters. The third-order valence-corrected chi connectivity index (χ3v) is 3.52. The molecule has 26 heavy (non-hydrogen) atoms. The lowest BCUT2D eigenvalue weighted by Crippen LogP contribution is -2.20. The van der Waals surface area contributed by atoms with Crippen LogP contribution in [0.25, 0.3) is 0 Å². The molecule has 0 saturated heterocycles. The molecule has 0 radical (unpaired) electrons. The van der Waals surface area contributed by atoms with Crippen molar-refractivity contribution in [3.63, 3.8) is 0 Å². The molecule has 1 amide bonds. The molecule has 0 aliphatic rings. The van der Waals surface area contributed by atoms with Gasteiger partial charge in [0.05, 0.1) is 13.0 Å². The van der Waals surface area contributed by atoms with Gasteiger partial charge < -0.3 is 24.5 Å². The number of aromatic nitrogens is 2. The molecular weight excluding hydrogens is 343 g/mol. The zero-order valence-electron chi connectivity index (χ0n) is 15.1. The van der Waals surface area contributed by atoms with Crippen LogP contribution in [-0.2, 0) is 11.2 Å². The van der Waals surface area contributed by atoms with Crippen LogP contribution in [0, 0.1) is 12.7 Å². The number of ether oxygens (including phenoxy) is 2. The van der Waals surface area contributed by atoms with Crippen LogP contribution in [0.2, 0.25) is 0 Å². The minimum absolute atomic E-state index is 0.00474. The number of benzene rings is 1. The number of hydrogen-bond donors (Lipinski definition) is 1. The Balaban J connectivity index is 2.14. The van der Waals surface area contributed by atoms with Gasteiger partial charge in [-0.25, -0.2) is 9.18 Å². The molecule has 2 N–H and O–H groups in total. The van der Waals surface area contributed by atoms with E-state index in [0.29, 0.717) is 18.2 Å². The maximum absolute atomic E-state index is 14.3. The lowest BCUT2D eigenvalue weighted by atomic mass is 10.1. The highest BCUT2D eigenvalue weighted by molar-refractivity contribution is 5.65. The first-order chi connectivity index (χ1) is 12.3. The van der Waals surface area contributed by atoms with Gasteiger partial charge in [-0.3, -0.25) is 0 Å². The summed E-state index contributed by atoms with van der Waals surface area (Å²) in [6.45, 7) is 2.98. The molecule has 0 bridgehead atoms. The minimum atomic E-state index is -1.03. The number of carbonyl (C=O) groups excluding carboxylic acids is 1. The zero-order valence-corrected chi connectivity index (χ0v) is 15.1. The van der Waals surface area contributed by atoms with Crippen LogP contribution in [0.15, 0.2) is 22.6 Å². The summed E-state index contributed by atoms with van der Waals surface area (Å²) in [6, 6.07) is 4.27. The Bertz CT molecular complexity index is 735. The molecule has 9 heteroatoms. The molecule has 0 aliphatic carbocycles. The van der Waals surface area contributed by atoms with Crippen LogP contribution in [0.3, 0.4) is 0 Å². The van der Waals surface area contributed by atoms with Gasteiger partial charge in [-0.2, -0.15) is 0 Å². The van der Waals surface area contributed by atoms with Gasteiger partial charge in [0.2, 0.25) is 11.8 Å². The fraction of sp³-hybridized carbons (Fsp3) is 0.471. The van der Waals surface area contributed by atoms with Gasteiger partial charge in [0.1, 0.15) is 17.7 Å². The van der Waals surface area contributed by atoms with Crippen LogP contribution in [-0.4, -0.2) is 48.4 Å². The van der Waals surface area contributed by atoms with E-state index in [0.717, 1.165) is 13.0 Å². The van der Waals surface area contributed by atoms with Crippen LogP contribution < -0.4 is 10.5 Å². The molecule has 1 unspecified atom stereocenters. The first-order valence-electron chi connectivity index (χ1n) is 8.17. The monoisotopic (exact) mass is 366 g/mol. The summed E-state index contributed by atoms with van der Waals surface area (Å²) in [5.74, 6) is 0.495. The van der Waals surface area contributed by atoms with Crippen LogP contribution in [0.5, 0.6) is 5.75 Å². The number of nitrogens with two attached hydrogens (primary N) is 1. The first kappa shape index (κ1) is 19.6. The van der Waals surface area contributed by atoms with Crippen molar-refractivity contribution in [3.05, 3.63) is 41.4 Å². The molecule has 0 aliphatic heterocycles. The van der Waals surface area contributed by atoms with Gasteiger partial charge in [0.15, 0.2) is 0 Å². The Morgan fingerprint density at radius 1 is 1.38 bits per heavy atom. The van der Waals surface area contributed by atoms with Crippen LogP contribution in [0.4, 0.5) is 9.18 Å². The number of rotatable bonds is 9. The summed E-state index contributed by atoms with van der Waals surface area (Å²) >= 11 is 0. The second-order valence-corrected chi connectivity index (χ2v) is 6.03. The molecule has 142 valence electrons. The average Bonchev–Trinajstić information content (AvgIpc) is 2.97. The highest BCUT2D eigenvalue weighted by Gasteiger charge is 2.23. The van der Waals surface area contributed by atoms with Crippen molar-refractivity contribution in [2.24, 2.45) is 5.73 Å². The van der Waals surface area contributed by atoms with Crippen molar-refractivity contribution in [3.8, 4) is 5.75 Å².